The molecule has 1 fully saturated rings. The van der Waals surface area contributed by atoms with Crippen LogP contribution in [0.5, 0.6) is 0 Å². The number of esters is 1. The standard InChI is InChI=1S/C37H70O12S/c1-3-5-6-7-8-9-10-11-12-13-14-15-16-17-18-19-20-21-22-23-24-25-27-45-29-31(47-33(39)26-4-2)30-46-37-35(41)36(49-50(42,43)44)34(40)32(28-38)48-37/h13-14,31-32,34-38,40-41H,3-12,15-30H2,1-2H3,(H,42,43,44)/b14-13-. The maximum Gasteiger partial charge on any atom is 0.397 e. The molecule has 0 aromatic carbocycles. The van der Waals surface area contributed by atoms with Crippen LogP contribution < -0.4 is 0 Å². The third-order valence-corrected chi connectivity index (χ3v) is 9.32. The summed E-state index contributed by atoms with van der Waals surface area (Å²) in [6.45, 7) is 3.59. The van der Waals surface area contributed by atoms with E-state index >= 15 is 0 Å². The SMILES string of the molecule is CCCCCCCCCC/C=C\CCCCCCCCCCCCOCC(COC1OC(CO)C(O)C(OS(=O)(=O)O)C1O)OC(=O)CCC. The third kappa shape index (κ3) is 24.2. The predicted molar refractivity (Wildman–Crippen MR) is 193 cm³/mol. The Hall–Kier alpha value is -1.16. The van der Waals surface area contributed by atoms with Crippen LogP contribution in [0.4, 0.5) is 0 Å². The van der Waals surface area contributed by atoms with Gasteiger partial charge in [0.15, 0.2) is 6.29 Å². The van der Waals surface area contributed by atoms with Gasteiger partial charge in [0.05, 0.1) is 19.8 Å². The van der Waals surface area contributed by atoms with E-state index in [1.165, 1.54) is 109 Å². The van der Waals surface area contributed by atoms with Crippen molar-refractivity contribution < 1.29 is 56.2 Å². The van der Waals surface area contributed by atoms with Gasteiger partial charge in [0.2, 0.25) is 0 Å². The summed E-state index contributed by atoms with van der Waals surface area (Å²) in [5.41, 5.74) is 0. The Labute approximate surface area is 302 Å². The predicted octanol–water partition coefficient (Wildman–Crippen LogP) is 6.74. The second-order valence-electron chi connectivity index (χ2n) is 13.5. The fraction of sp³-hybridized carbons (Fsp3) is 0.919. The van der Waals surface area contributed by atoms with Gasteiger partial charge in [0.1, 0.15) is 30.5 Å². The van der Waals surface area contributed by atoms with Gasteiger partial charge in [0.25, 0.3) is 0 Å². The molecule has 0 aromatic rings. The Morgan fingerprint density at radius 2 is 1.26 bits per heavy atom. The fourth-order valence-electron chi connectivity index (χ4n) is 5.94. The zero-order valence-electron chi connectivity index (χ0n) is 31.0. The summed E-state index contributed by atoms with van der Waals surface area (Å²) in [6, 6.07) is 0. The maximum atomic E-state index is 12.2. The second kappa shape index (κ2) is 30.3. The molecule has 50 heavy (non-hydrogen) atoms. The van der Waals surface area contributed by atoms with Crippen molar-refractivity contribution in [3.63, 3.8) is 0 Å². The molecule has 1 aliphatic rings. The minimum absolute atomic E-state index is 0.0321. The van der Waals surface area contributed by atoms with E-state index in [4.69, 9.17) is 23.5 Å². The molecule has 0 aromatic heterocycles. The topological polar surface area (TPSA) is 178 Å². The van der Waals surface area contributed by atoms with Crippen molar-refractivity contribution in [3.8, 4) is 0 Å². The number of rotatable bonds is 33. The molecule has 0 saturated carbocycles. The van der Waals surface area contributed by atoms with Crippen LogP contribution in [-0.2, 0) is 38.3 Å². The maximum absolute atomic E-state index is 12.2. The number of unbranched alkanes of at least 4 members (excludes halogenated alkanes) is 18. The molecule has 13 heteroatoms. The minimum atomic E-state index is -5.04. The summed E-state index contributed by atoms with van der Waals surface area (Å²) in [5, 5.41) is 30.2. The average Bonchev–Trinajstić information content (AvgIpc) is 3.07. The lowest BCUT2D eigenvalue weighted by Crippen LogP contribution is -2.60. The van der Waals surface area contributed by atoms with Crippen molar-refractivity contribution >= 4 is 16.4 Å². The van der Waals surface area contributed by atoms with Gasteiger partial charge in [-0.1, -0.05) is 122 Å². The molecular weight excluding hydrogens is 668 g/mol. The molecule has 1 aliphatic heterocycles. The van der Waals surface area contributed by atoms with E-state index < -0.39 is 59.8 Å². The Kier molecular flexibility index (Phi) is 28.4. The van der Waals surface area contributed by atoms with Gasteiger partial charge in [-0.2, -0.15) is 8.42 Å². The largest absolute Gasteiger partial charge is 0.457 e. The smallest absolute Gasteiger partial charge is 0.397 e. The molecule has 1 heterocycles. The molecule has 6 atom stereocenters. The number of aliphatic hydroxyl groups excluding tert-OH is 3. The molecule has 12 nitrogen and oxygen atoms in total. The molecular formula is C37H70O12S. The van der Waals surface area contributed by atoms with Crippen molar-refractivity contribution in [2.75, 3.05) is 26.4 Å². The first-order valence-corrected chi connectivity index (χ1v) is 20.8. The van der Waals surface area contributed by atoms with Crippen molar-refractivity contribution in [2.45, 2.75) is 192 Å². The molecule has 0 radical (unpaired) electrons. The normalized spacial score (nSPS) is 21.9. The van der Waals surface area contributed by atoms with E-state index in [1.807, 2.05) is 6.92 Å². The van der Waals surface area contributed by atoms with E-state index in [1.54, 1.807) is 0 Å². The van der Waals surface area contributed by atoms with E-state index in [2.05, 4.69) is 23.3 Å². The highest BCUT2D eigenvalue weighted by Gasteiger charge is 2.48. The number of allylic oxidation sites excluding steroid dienone is 2. The van der Waals surface area contributed by atoms with Gasteiger partial charge >= 0.3 is 16.4 Å². The number of aliphatic hydroxyl groups is 3. The lowest BCUT2D eigenvalue weighted by Gasteiger charge is -2.41. The summed E-state index contributed by atoms with van der Waals surface area (Å²) in [7, 11) is -5.04. The van der Waals surface area contributed by atoms with Crippen LogP contribution in [0.2, 0.25) is 0 Å². The zero-order chi connectivity index (χ0) is 36.9. The number of carbonyl (C=O) groups is 1. The molecule has 296 valence electrons. The summed E-state index contributed by atoms with van der Waals surface area (Å²) >= 11 is 0. The Morgan fingerprint density at radius 1 is 0.740 bits per heavy atom. The number of hydrogen-bond acceptors (Lipinski definition) is 11. The van der Waals surface area contributed by atoms with Crippen LogP contribution >= 0.6 is 0 Å². The van der Waals surface area contributed by atoms with Crippen LogP contribution in [0, 0.1) is 0 Å². The molecule has 0 bridgehead atoms. The highest BCUT2D eigenvalue weighted by molar-refractivity contribution is 7.80. The van der Waals surface area contributed by atoms with Crippen molar-refractivity contribution in [1.29, 1.82) is 0 Å². The summed E-state index contributed by atoms with van der Waals surface area (Å²) < 4.78 is 58.0. The van der Waals surface area contributed by atoms with Gasteiger partial charge in [-0.3, -0.25) is 9.35 Å². The number of ether oxygens (including phenoxy) is 4. The lowest BCUT2D eigenvalue weighted by atomic mass is 9.99. The molecule has 1 saturated heterocycles. The number of carbonyl (C=O) groups excluding carboxylic acids is 1. The molecule has 4 N–H and O–H groups in total. The lowest BCUT2D eigenvalue weighted by molar-refractivity contribution is -0.301. The van der Waals surface area contributed by atoms with Crippen LogP contribution in [0.3, 0.4) is 0 Å². The van der Waals surface area contributed by atoms with Gasteiger partial charge in [-0.05, 0) is 38.5 Å². The van der Waals surface area contributed by atoms with E-state index in [0.29, 0.717) is 13.0 Å². The second-order valence-corrected chi connectivity index (χ2v) is 14.6. The van der Waals surface area contributed by atoms with Gasteiger partial charge in [-0.15, -0.1) is 0 Å². The summed E-state index contributed by atoms with van der Waals surface area (Å²) in [6.07, 6.45) is 21.7. The van der Waals surface area contributed by atoms with Crippen LogP contribution in [0.1, 0.15) is 155 Å². The van der Waals surface area contributed by atoms with Gasteiger partial charge in [-0.25, -0.2) is 4.18 Å². The van der Waals surface area contributed by atoms with Crippen molar-refractivity contribution in [2.24, 2.45) is 0 Å². The number of hydrogen-bond donors (Lipinski definition) is 4. The van der Waals surface area contributed by atoms with Crippen LogP contribution in [0.25, 0.3) is 0 Å². The molecule has 0 aliphatic carbocycles. The van der Waals surface area contributed by atoms with E-state index in [0.717, 1.165) is 19.3 Å². The first-order chi connectivity index (χ1) is 24.1. The van der Waals surface area contributed by atoms with Crippen LogP contribution in [0.15, 0.2) is 12.2 Å². The Balaban J connectivity index is 2.16. The molecule has 0 spiro atoms. The quantitative estimate of drug-likeness (QED) is 0.0242. The van der Waals surface area contributed by atoms with E-state index in [9.17, 15) is 28.5 Å². The Bertz CT molecular complexity index is 947. The zero-order valence-corrected chi connectivity index (χ0v) is 31.8. The summed E-state index contributed by atoms with van der Waals surface area (Å²) in [4.78, 5) is 12.2. The van der Waals surface area contributed by atoms with Crippen molar-refractivity contribution in [3.05, 3.63) is 12.2 Å². The van der Waals surface area contributed by atoms with Gasteiger partial charge < -0.3 is 34.3 Å². The van der Waals surface area contributed by atoms with Gasteiger partial charge in [0, 0.05) is 13.0 Å². The average molecular weight is 739 g/mol. The highest BCUT2D eigenvalue weighted by Crippen LogP contribution is 2.26. The third-order valence-electron chi connectivity index (χ3n) is 8.86. The van der Waals surface area contributed by atoms with Crippen LogP contribution in [-0.4, -0.2) is 97.5 Å². The first kappa shape index (κ1) is 46.9. The first-order valence-electron chi connectivity index (χ1n) is 19.4. The monoisotopic (exact) mass is 738 g/mol. The molecule has 0 amide bonds. The van der Waals surface area contributed by atoms with Crippen molar-refractivity contribution in [1.82, 2.24) is 0 Å². The van der Waals surface area contributed by atoms with E-state index in [-0.39, 0.29) is 19.6 Å². The Morgan fingerprint density at radius 3 is 1.76 bits per heavy atom. The molecule has 6 unspecified atom stereocenters. The minimum Gasteiger partial charge on any atom is -0.457 e. The fourth-order valence-corrected chi connectivity index (χ4v) is 6.45. The molecule has 1 rings (SSSR count). The highest BCUT2D eigenvalue weighted by atomic mass is 32.3. The summed E-state index contributed by atoms with van der Waals surface area (Å²) in [5.74, 6) is -0.452.